The number of nitrogens with zero attached hydrogens (tertiary/aromatic N) is 2. The van der Waals surface area contributed by atoms with Crippen LogP contribution in [-0.2, 0) is 11.4 Å². The molecule has 0 saturated carbocycles. The third-order valence-corrected chi connectivity index (χ3v) is 2.30. The van der Waals surface area contributed by atoms with Gasteiger partial charge in [0.25, 0.3) is 5.89 Å². The summed E-state index contributed by atoms with van der Waals surface area (Å²) in [5.41, 5.74) is 0.309. The summed E-state index contributed by atoms with van der Waals surface area (Å²) in [7, 11) is 0. The van der Waals surface area contributed by atoms with Crippen molar-refractivity contribution in [1.82, 2.24) is 10.1 Å². The number of carboxylic acids is 1. The molecule has 1 N–H and O–H groups in total. The minimum absolute atomic E-state index is 0.0143. The molecule has 104 valence electrons. The van der Waals surface area contributed by atoms with Crippen LogP contribution in [0, 0.1) is 12.7 Å². The van der Waals surface area contributed by atoms with Crippen molar-refractivity contribution in [3.05, 3.63) is 47.4 Å². The Kier molecular flexibility index (Phi) is 4.09. The van der Waals surface area contributed by atoms with Crippen molar-refractivity contribution >= 4 is 12.0 Å². The Bertz CT molecular complexity index is 652. The quantitative estimate of drug-likeness (QED) is 0.844. The van der Waals surface area contributed by atoms with E-state index in [0.29, 0.717) is 17.1 Å². The Labute approximate surface area is 113 Å². The molecular weight excluding hydrogens is 267 g/mol. The van der Waals surface area contributed by atoms with E-state index >= 15 is 0 Å². The molecule has 0 spiro atoms. The molecule has 0 aliphatic heterocycles. The second-order valence-corrected chi connectivity index (χ2v) is 3.88. The molecule has 0 aliphatic carbocycles. The van der Waals surface area contributed by atoms with Crippen molar-refractivity contribution in [3.8, 4) is 5.75 Å². The Morgan fingerprint density at radius 3 is 3.00 bits per heavy atom. The highest BCUT2D eigenvalue weighted by molar-refractivity contribution is 5.85. The molecule has 20 heavy (non-hydrogen) atoms. The third kappa shape index (κ3) is 3.64. The van der Waals surface area contributed by atoms with Gasteiger partial charge in [0.1, 0.15) is 11.6 Å². The molecule has 0 atom stereocenters. The molecule has 1 aromatic carbocycles. The minimum Gasteiger partial charge on any atom is -0.483 e. The summed E-state index contributed by atoms with van der Waals surface area (Å²) in [5.74, 6) is -0.544. The second-order valence-electron chi connectivity index (χ2n) is 3.88. The van der Waals surface area contributed by atoms with Gasteiger partial charge in [0, 0.05) is 11.6 Å². The Morgan fingerprint density at radius 1 is 1.55 bits per heavy atom. The fraction of sp³-hybridized carbons (Fsp3) is 0.154. The van der Waals surface area contributed by atoms with Gasteiger partial charge in [0.15, 0.2) is 12.4 Å². The number of rotatable bonds is 5. The van der Waals surface area contributed by atoms with E-state index in [-0.39, 0.29) is 12.5 Å². The molecule has 2 aromatic rings. The van der Waals surface area contributed by atoms with Crippen molar-refractivity contribution in [2.24, 2.45) is 0 Å². The van der Waals surface area contributed by atoms with Crippen LogP contribution < -0.4 is 4.74 Å². The first-order valence-corrected chi connectivity index (χ1v) is 5.67. The first-order valence-electron chi connectivity index (χ1n) is 5.67. The lowest BCUT2D eigenvalue weighted by Crippen LogP contribution is -1.98. The van der Waals surface area contributed by atoms with Crippen molar-refractivity contribution in [3.63, 3.8) is 0 Å². The normalized spacial score (nSPS) is 10.9. The number of carboxylic acid groups (broad SMARTS) is 1. The topological polar surface area (TPSA) is 85.5 Å². The van der Waals surface area contributed by atoms with Crippen LogP contribution in [0.2, 0.25) is 0 Å². The van der Waals surface area contributed by atoms with E-state index in [2.05, 4.69) is 10.1 Å². The number of aliphatic carboxylic acids is 1. The van der Waals surface area contributed by atoms with Crippen LogP contribution in [0.1, 0.15) is 17.3 Å². The van der Waals surface area contributed by atoms with Gasteiger partial charge in [-0.3, -0.25) is 0 Å². The monoisotopic (exact) mass is 278 g/mol. The summed E-state index contributed by atoms with van der Waals surface area (Å²) in [4.78, 5) is 14.5. The molecule has 0 radical (unpaired) electrons. The molecule has 0 unspecified atom stereocenters. The van der Waals surface area contributed by atoms with Crippen molar-refractivity contribution in [2.75, 3.05) is 0 Å². The third-order valence-electron chi connectivity index (χ3n) is 2.30. The Hall–Kier alpha value is -2.70. The van der Waals surface area contributed by atoms with E-state index in [1.807, 2.05) is 0 Å². The smallest absolute Gasteiger partial charge is 0.328 e. The van der Waals surface area contributed by atoms with E-state index in [9.17, 15) is 9.18 Å². The van der Waals surface area contributed by atoms with Crippen molar-refractivity contribution < 1.29 is 23.6 Å². The van der Waals surface area contributed by atoms with E-state index in [1.165, 1.54) is 24.3 Å². The van der Waals surface area contributed by atoms with E-state index in [1.54, 1.807) is 6.92 Å². The summed E-state index contributed by atoms with van der Waals surface area (Å²) >= 11 is 0. The summed E-state index contributed by atoms with van der Waals surface area (Å²) in [6.07, 6.45) is 2.15. The average molecular weight is 278 g/mol. The number of hydrogen-bond acceptors (Lipinski definition) is 5. The van der Waals surface area contributed by atoms with Crippen molar-refractivity contribution in [1.29, 1.82) is 0 Å². The maximum absolute atomic E-state index is 13.2. The summed E-state index contributed by atoms with van der Waals surface area (Å²) in [5, 5.41) is 12.2. The maximum atomic E-state index is 13.2. The molecule has 0 amide bonds. The van der Waals surface area contributed by atoms with Gasteiger partial charge in [-0.25, -0.2) is 9.18 Å². The highest BCUT2D eigenvalue weighted by Crippen LogP contribution is 2.22. The van der Waals surface area contributed by atoms with Gasteiger partial charge in [-0.2, -0.15) is 4.98 Å². The Balaban J connectivity index is 2.15. The van der Waals surface area contributed by atoms with Gasteiger partial charge >= 0.3 is 5.97 Å². The standard InChI is InChI=1S/C13H11FN2O4/c1-8-15-12(20-16-8)7-19-11-4-3-10(14)6-9(11)2-5-13(17)18/h2-6H,7H2,1H3,(H,17,18)/b5-2+. The minimum atomic E-state index is -1.13. The predicted molar refractivity (Wildman–Crippen MR) is 66.4 cm³/mol. The lowest BCUT2D eigenvalue weighted by atomic mass is 10.2. The number of aryl methyl sites for hydroxylation is 1. The largest absolute Gasteiger partial charge is 0.483 e. The summed E-state index contributed by atoms with van der Waals surface area (Å²) in [6.45, 7) is 1.69. The zero-order chi connectivity index (χ0) is 14.5. The maximum Gasteiger partial charge on any atom is 0.328 e. The van der Waals surface area contributed by atoms with Crippen LogP contribution in [-0.4, -0.2) is 21.2 Å². The molecule has 0 aliphatic rings. The van der Waals surface area contributed by atoms with Gasteiger partial charge in [-0.15, -0.1) is 0 Å². The molecule has 1 heterocycles. The molecule has 0 saturated heterocycles. The summed E-state index contributed by atoms with van der Waals surface area (Å²) < 4.78 is 23.5. The number of benzene rings is 1. The van der Waals surface area contributed by atoms with Crippen molar-refractivity contribution in [2.45, 2.75) is 13.5 Å². The molecule has 1 aromatic heterocycles. The lowest BCUT2D eigenvalue weighted by Gasteiger charge is -2.07. The number of aromatic nitrogens is 2. The fourth-order valence-electron chi connectivity index (χ4n) is 1.48. The number of hydrogen-bond donors (Lipinski definition) is 1. The Morgan fingerprint density at radius 2 is 2.35 bits per heavy atom. The van der Waals surface area contributed by atoms with Gasteiger partial charge in [-0.05, 0) is 31.2 Å². The van der Waals surface area contributed by atoms with Crippen LogP contribution in [0.5, 0.6) is 5.75 Å². The van der Waals surface area contributed by atoms with E-state index in [0.717, 1.165) is 6.08 Å². The molecule has 2 rings (SSSR count). The zero-order valence-corrected chi connectivity index (χ0v) is 10.5. The second kappa shape index (κ2) is 5.96. The molecule has 7 heteroatoms. The van der Waals surface area contributed by atoms with Gasteiger partial charge in [-0.1, -0.05) is 5.16 Å². The molecule has 0 bridgehead atoms. The van der Waals surface area contributed by atoms with Crippen LogP contribution >= 0.6 is 0 Å². The van der Waals surface area contributed by atoms with Crippen LogP contribution in [0.15, 0.2) is 28.8 Å². The predicted octanol–water partition coefficient (Wildman–Crippen LogP) is 2.19. The summed E-state index contributed by atoms with van der Waals surface area (Å²) in [6, 6.07) is 3.79. The zero-order valence-electron chi connectivity index (χ0n) is 10.5. The van der Waals surface area contributed by atoms with Crippen LogP contribution in [0.3, 0.4) is 0 Å². The van der Waals surface area contributed by atoms with Gasteiger partial charge in [0.2, 0.25) is 0 Å². The van der Waals surface area contributed by atoms with Gasteiger partial charge in [0.05, 0.1) is 0 Å². The van der Waals surface area contributed by atoms with Crippen LogP contribution in [0.25, 0.3) is 6.08 Å². The molecule has 0 fully saturated rings. The number of ether oxygens (including phenoxy) is 1. The first-order chi connectivity index (χ1) is 9.54. The highest BCUT2D eigenvalue weighted by Gasteiger charge is 2.07. The van der Waals surface area contributed by atoms with E-state index in [4.69, 9.17) is 14.4 Å². The van der Waals surface area contributed by atoms with Crippen LogP contribution in [0.4, 0.5) is 4.39 Å². The molecule has 6 nitrogen and oxygen atoms in total. The fourth-order valence-corrected chi connectivity index (χ4v) is 1.48. The number of carbonyl (C=O) groups is 1. The van der Waals surface area contributed by atoms with Gasteiger partial charge < -0.3 is 14.4 Å². The SMILES string of the molecule is Cc1noc(COc2ccc(F)cc2/C=C/C(=O)O)n1. The lowest BCUT2D eigenvalue weighted by molar-refractivity contribution is -0.131. The number of halogens is 1. The average Bonchev–Trinajstić information content (AvgIpc) is 2.81. The molecular formula is C13H11FN2O4. The first kappa shape index (κ1) is 13.7. The highest BCUT2D eigenvalue weighted by atomic mass is 19.1. The van der Waals surface area contributed by atoms with E-state index < -0.39 is 11.8 Å².